The normalized spacial score (nSPS) is 24.5. The summed E-state index contributed by atoms with van der Waals surface area (Å²) in [5, 5.41) is 2.06. The average Bonchev–Trinajstić information content (AvgIpc) is 3.57. The lowest BCUT2D eigenvalue weighted by molar-refractivity contribution is -0.0441. The number of fused-ring (bicyclic) bond motifs is 6. The van der Waals surface area contributed by atoms with Crippen LogP contribution >= 0.6 is 11.3 Å². The summed E-state index contributed by atoms with van der Waals surface area (Å²) >= 11 is 1.67. The van der Waals surface area contributed by atoms with Gasteiger partial charge in [-0.1, -0.05) is 25.5 Å². The molecule has 0 saturated carbocycles. The SMILES string of the molecule is CCCCN(C(=O)O[C@H]1CN2CCC1CC2)c1cc(F)ccc1F.Cc1ccsc1CN(CCc1ccc(F)cc1)C(=O)O[C@H]1CN2CCC1CC2. The van der Waals surface area contributed by atoms with Gasteiger partial charge in [0.2, 0.25) is 0 Å². The van der Waals surface area contributed by atoms with Gasteiger partial charge in [0.1, 0.15) is 29.7 Å². The lowest BCUT2D eigenvalue weighted by Gasteiger charge is -2.44. The van der Waals surface area contributed by atoms with Gasteiger partial charge in [-0.05, 0) is 130 Å². The van der Waals surface area contributed by atoms with E-state index in [0.29, 0.717) is 44.3 Å². The van der Waals surface area contributed by atoms with Crippen LogP contribution in [0.15, 0.2) is 53.9 Å². The third-order valence-corrected chi connectivity index (χ3v) is 12.0. The van der Waals surface area contributed by atoms with Gasteiger partial charge >= 0.3 is 12.2 Å². The Morgan fingerprint density at radius 3 is 1.94 bits per heavy atom. The summed E-state index contributed by atoms with van der Waals surface area (Å²) in [4.78, 5) is 34.6. The molecule has 6 aliphatic rings. The second kappa shape index (κ2) is 17.9. The molecule has 52 heavy (non-hydrogen) atoms. The Bertz CT molecular complexity index is 1620. The Morgan fingerprint density at radius 1 is 0.808 bits per heavy atom. The molecule has 0 aliphatic carbocycles. The highest BCUT2D eigenvalue weighted by Crippen LogP contribution is 2.32. The Balaban J connectivity index is 0.000000181. The lowest BCUT2D eigenvalue weighted by Crippen LogP contribution is -2.53. The molecule has 7 heterocycles. The van der Waals surface area contributed by atoms with Crippen molar-refractivity contribution >= 4 is 29.2 Å². The quantitative estimate of drug-likeness (QED) is 0.197. The summed E-state index contributed by atoms with van der Waals surface area (Å²) in [6.07, 6.45) is 5.58. The van der Waals surface area contributed by atoms with Gasteiger partial charge in [0.05, 0.1) is 12.2 Å². The highest BCUT2D eigenvalue weighted by atomic mass is 32.1. The topological polar surface area (TPSA) is 65.6 Å². The highest BCUT2D eigenvalue weighted by Gasteiger charge is 2.39. The van der Waals surface area contributed by atoms with Gasteiger partial charge < -0.3 is 14.4 Å². The van der Waals surface area contributed by atoms with Crippen molar-refractivity contribution in [1.82, 2.24) is 14.7 Å². The van der Waals surface area contributed by atoms with Crippen molar-refractivity contribution in [3.63, 3.8) is 0 Å². The van der Waals surface area contributed by atoms with Crippen LogP contribution in [0.2, 0.25) is 0 Å². The van der Waals surface area contributed by atoms with Crippen LogP contribution in [0.1, 0.15) is 61.5 Å². The Labute approximate surface area is 309 Å². The van der Waals surface area contributed by atoms with Crippen LogP contribution in [0.3, 0.4) is 0 Å². The molecule has 0 N–H and O–H groups in total. The largest absolute Gasteiger partial charge is 0.444 e. The van der Waals surface area contributed by atoms with Crippen molar-refractivity contribution < 1.29 is 32.2 Å². The number of piperidine rings is 6. The number of aryl methyl sites for hydroxylation is 1. The van der Waals surface area contributed by atoms with Crippen LogP contribution in [0, 0.1) is 36.2 Å². The monoisotopic (exact) mass is 740 g/mol. The van der Waals surface area contributed by atoms with E-state index in [1.165, 1.54) is 27.5 Å². The van der Waals surface area contributed by atoms with E-state index in [4.69, 9.17) is 9.47 Å². The maximum absolute atomic E-state index is 14.1. The number of hydrogen-bond acceptors (Lipinski definition) is 7. The minimum atomic E-state index is -0.613. The molecule has 2 aromatic carbocycles. The molecule has 2 atom stereocenters. The van der Waals surface area contributed by atoms with Crippen molar-refractivity contribution in [2.75, 3.05) is 57.3 Å². The van der Waals surface area contributed by atoms with Crippen LogP contribution in [0.4, 0.5) is 28.4 Å². The summed E-state index contributed by atoms with van der Waals surface area (Å²) in [6.45, 7) is 11.5. The molecular weight excluding hydrogens is 690 g/mol. The number of carbonyl (C=O) groups excluding carboxylic acids is 2. The van der Waals surface area contributed by atoms with E-state index in [1.807, 2.05) is 6.92 Å². The molecule has 6 saturated heterocycles. The molecular formula is C40H51F3N4O4S. The van der Waals surface area contributed by atoms with Gasteiger partial charge in [-0.2, -0.15) is 0 Å². The maximum Gasteiger partial charge on any atom is 0.414 e. The summed E-state index contributed by atoms with van der Waals surface area (Å²) in [7, 11) is 0. The van der Waals surface area contributed by atoms with Gasteiger partial charge in [-0.15, -0.1) is 11.3 Å². The Kier molecular flexibility index (Phi) is 13.2. The molecule has 1 aromatic heterocycles. The number of benzene rings is 2. The second-order valence-electron chi connectivity index (χ2n) is 14.5. The minimum absolute atomic E-state index is 0.00718. The number of carbonyl (C=O) groups is 2. The smallest absolute Gasteiger partial charge is 0.414 e. The van der Waals surface area contributed by atoms with E-state index < -0.39 is 17.7 Å². The van der Waals surface area contributed by atoms with Crippen molar-refractivity contribution in [2.24, 2.45) is 11.8 Å². The molecule has 3 aromatic rings. The van der Waals surface area contributed by atoms with E-state index in [0.717, 1.165) is 95.1 Å². The van der Waals surface area contributed by atoms with Gasteiger partial charge in [0, 0.05) is 37.1 Å². The predicted octanol–water partition coefficient (Wildman–Crippen LogP) is 8.27. The van der Waals surface area contributed by atoms with Crippen LogP contribution in [0.25, 0.3) is 0 Å². The Hall–Kier alpha value is -3.61. The first kappa shape index (κ1) is 38.1. The fourth-order valence-corrected chi connectivity index (χ4v) is 8.61. The van der Waals surface area contributed by atoms with Gasteiger partial charge in [0.25, 0.3) is 0 Å². The molecule has 6 fully saturated rings. The third-order valence-electron chi connectivity index (χ3n) is 11.0. The summed E-state index contributed by atoms with van der Waals surface area (Å²) in [5.74, 6) is -0.542. The zero-order valence-corrected chi connectivity index (χ0v) is 31.1. The van der Waals surface area contributed by atoms with Crippen LogP contribution in [-0.4, -0.2) is 91.5 Å². The number of anilines is 1. The summed E-state index contributed by atoms with van der Waals surface area (Å²) < 4.78 is 52.5. The molecule has 0 unspecified atom stereocenters. The zero-order valence-electron chi connectivity index (χ0n) is 30.3. The first-order valence-corrected chi connectivity index (χ1v) is 19.7. The van der Waals surface area contributed by atoms with E-state index in [9.17, 15) is 22.8 Å². The molecule has 8 nitrogen and oxygen atoms in total. The number of amides is 2. The molecule has 0 spiro atoms. The number of unbranched alkanes of at least 4 members (excludes halogenated alkanes) is 1. The van der Waals surface area contributed by atoms with E-state index in [-0.39, 0.29) is 29.8 Å². The minimum Gasteiger partial charge on any atom is -0.444 e. The second-order valence-corrected chi connectivity index (χ2v) is 15.5. The molecule has 0 radical (unpaired) electrons. The summed E-state index contributed by atoms with van der Waals surface area (Å²) in [5.41, 5.74) is 2.17. The zero-order chi connectivity index (χ0) is 36.6. The van der Waals surface area contributed by atoms with Crippen LogP contribution < -0.4 is 4.90 Å². The first-order valence-electron chi connectivity index (χ1n) is 18.8. The van der Waals surface area contributed by atoms with E-state index >= 15 is 0 Å². The van der Waals surface area contributed by atoms with E-state index in [1.54, 1.807) is 28.4 Å². The van der Waals surface area contributed by atoms with Crippen LogP contribution in [0.5, 0.6) is 0 Å². The number of nitrogens with zero attached hydrogens (tertiary/aromatic N) is 4. The maximum atomic E-state index is 14.1. The Morgan fingerprint density at radius 2 is 1.40 bits per heavy atom. The van der Waals surface area contributed by atoms with Crippen molar-refractivity contribution in [3.05, 3.63) is 87.4 Å². The van der Waals surface area contributed by atoms with Gasteiger partial charge in [0.15, 0.2) is 0 Å². The van der Waals surface area contributed by atoms with Crippen molar-refractivity contribution in [2.45, 2.75) is 77.5 Å². The molecule has 2 amide bonds. The predicted molar refractivity (Wildman–Crippen MR) is 197 cm³/mol. The van der Waals surface area contributed by atoms with Gasteiger partial charge in [-0.3, -0.25) is 14.7 Å². The van der Waals surface area contributed by atoms with Gasteiger partial charge in [-0.25, -0.2) is 22.8 Å². The summed E-state index contributed by atoms with van der Waals surface area (Å²) in [6, 6.07) is 11.7. The highest BCUT2D eigenvalue weighted by molar-refractivity contribution is 7.10. The fraction of sp³-hybridized carbons (Fsp3) is 0.550. The third kappa shape index (κ3) is 9.87. The lowest BCUT2D eigenvalue weighted by atomic mass is 9.86. The van der Waals surface area contributed by atoms with E-state index in [2.05, 4.69) is 28.2 Å². The van der Waals surface area contributed by atoms with Crippen molar-refractivity contribution in [1.29, 1.82) is 0 Å². The number of thiophene rings is 1. The number of ether oxygens (including phenoxy) is 2. The fourth-order valence-electron chi connectivity index (χ4n) is 7.69. The van der Waals surface area contributed by atoms with Crippen LogP contribution in [-0.2, 0) is 22.4 Å². The molecule has 282 valence electrons. The average molecular weight is 741 g/mol. The number of hydrogen-bond donors (Lipinski definition) is 0. The molecule has 9 rings (SSSR count). The molecule has 12 heteroatoms. The molecule has 6 aliphatic heterocycles. The molecule has 4 bridgehead atoms. The van der Waals surface area contributed by atoms with Crippen molar-refractivity contribution in [3.8, 4) is 0 Å². The number of halogens is 3. The first-order chi connectivity index (χ1) is 25.2. The standard InChI is InChI=1S/C22H27FN2O2S.C18H24F2N2O2/c1-16-9-13-28-21(16)15-25(12-6-17-2-4-19(23)5-3-17)22(26)27-20-14-24-10-7-18(20)8-11-24;1-2-3-8-22(16-11-14(19)4-5-15(16)20)18(23)24-17-12-21-9-6-13(17)7-10-21/h2-5,9,13,18,20H,6-8,10-12,14-15H2,1H3;4-5,11,13,17H,2-3,6-10,12H2,1H3/t20-;17-/m00/s1. The number of rotatable bonds is 11.